The molecular weight excluding hydrogens is 294 g/mol. The van der Waals surface area contributed by atoms with Gasteiger partial charge < -0.3 is 9.97 Å². The van der Waals surface area contributed by atoms with Crippen LogP contribution in [0.5, 0.6) is 0 Å². The predicted octanol–water partition coefficient (Wildman–Crippen LogP) is 3.58. The SMILES string of the molecule is O=c1cc(-c2cccc([N+](=O)[O-])c2)[nH]c2ccc3[nH]ccc3c12. The highest BCUT2D eigenvalue weighted by atomic mass is 16.6. The van der Waals surface area contributed by atoms with E-state index in [1.807, 2.05) is 18.2 Å². The molecule has 0 radical (unpaired) electrons. The van der Waals surface area contributed by atoms with Gasteiger partial charge in [-0.05, 0) is 18.2 Å². The van der Waals surface area contributed by atoms with Gasteiger partial charge in [-0.15, -0.1) is 0 Å². The molecule has 2 N–H and O–H groups in total. The molecule has 2 aromatic heterocycles. The fourth-order valence-electron chi connectivity index (χ4n) is 2.83. The van der Waals surface area contributed by atoms with Gasteiger partial charge in [0.05, 0.1) is 15.8 Å². The van der Waals surface area contributed by atoms with Crippen molar-refractivity contribution in [2.24, 2.45) is 0 Å². The molecule has 2 aromatic carbocycles. The number of non-ortho nitro benzene ring substituents is 1. The minimum absolute atomic E-state index is 0.00969. The van der Waals surface area contributed by atoms with Crippen LogP contribution >= 0.6 is 0 Å². The molecule has 0 saturated carbocycles. The van der Waals surface area contributed by atoms with Crippen molar-refractivity contribution in [3.8, 4) is 11.3 Å². The number of pyridine rings is 1. The first-order valence-electron chi connectivity index (χ1n) is 7.01. The van der Waals surface area contributed by atoms with Crippen LogP contribution in [-0.4, -0.2) is 14.9 Å². The molecule has 0 aliphatic carbocycles. The molecule has 0 saturated heterocycles. The zero-order valence-electron chi connectivity index (χ0n) is 11.9. The summed E-state index contributed by atoms with van der Waals surface area (Å²) >= 11 is 0. The third-order valence-electron chi connectivity index (χ3n) is 3.89. The van der Waals surface area contributed by atoms with Gasteiger partial charge in [-0.25, -0.2) is 0 Å². The van der Waals surface area contributed by atoms with Gasteiger partial charge in [0, 0.05) is 46.6 Å². The Kier molecular flexibility index (Phi) is 2.77. The summed E-state index contributed by atoms with van der Waals surface area (Å²) in [7, 11) is 0. The lowest BCUT2D eigenvalue weighted by molar-refractivity contribution is -0.384. The summed E-state index contributed by atoms with van der Waals surface area (Å²) in [5.41, 5.74) is 2.63. The van der Waals surface area contributed by atoms with E-state index in [9.17, 15) is 14.9 Å². The van der Waals surface area contributed by atoms with Crippen molar-refractivity contribution < 1.29 is 4.92 Å². The second kappa shape index (κ2) is 4.81. The second-order valence-electron chi connectivity index (χ2n) is 5.28. The number of nitro groups is 1. The van der Waals surface area contributed by atoms with Crippen LogP contribution in [0.4, 0.5) is 5.69 Å². The van der Waals surface area contributed by atoms with Crippen molar-refractivity contribution in [2.75, 3.05) is 0 Å². The number of hydrogen-bond acceptors (Lipinski definition) is 3. The lowest BCUT2D eigenvalue weighted by Crippen LogP contribution is -2.03. The molecule has 0 bridgehead atoms. The largest absolute Gasteiger partial charge is 0.361 e. The Morgan fingerprint density at radius 3 is 2.65 bits per heavy atom. The first kappa shape index (κ1) is 13.3. The molecule has 0 aliphatic heterocycles. The molecule has 23 heavy (non-hydrogen) atoms. The van der Waals surface area contributed by atoms with Gasteiger partial charge in [0.25, 0.3) is 5.69 Å². The number of nitro benzene ring substituents is 1. The monoisotopic (exact) mass is 305 g/mol. The lowest BCUT2D eigenvalue weighted by Gasteiger charge is -2.05. The number of aromatic nitrogens is 2. The Morgan fingerprint density at radius 2 is 1.83 bits per heavy atom. The number of nitrogens with one attached hydrogen (secondary N) is 2. The summed E-state index contributed by atoms with van der Waals surface area (Å²) in [6.45, 7) is 0. The first-order chi connectivity index (χ1) is 11.1. The zero-order chi connectivity index (χ0) is 16.0. The summed E-state index contributed by atoms with van der Waals surface area (Å²) < 4.78 is 0. The zero-order valence-corrected chi connectivity index (χ0v) is 11.9. The fourth-order valence-corrected chi connectivity index (χ4v) is 2.83. The number of fused-ring (bicyclic) bond motifs is 3. The summed E-state index contributed by atoms with van der Waals surface area (Å²) in [4.78, 5) is 29.3. The van der Waals surface area contributed by atoms with Crippen molar-refractivity contribution in [1.82, 2.24) is 9.97 Å². The summed E-state index contributed by atoms with van der Waals surface area (Å²) in [6, 6.07) is 13.3. The fraction of sp³-hybridized carbons (Fsp3) is 0. The third kappa shape index (κ3) is 2.08. The van der Waals surface area contributed by atoms with Gasteiger partial charge >= 0.3 is 0 Å². The average molecular weight is 305 g/mol. The maximum Gasteiger partial charge on any atom is 0.270 e. The molecule has 4 aromatic rings. The van der Waals surface area contributed by atoms with E-state index < -0.39 is 4.92 Å². The smallest absolute Gasteiger partial charge is 0.270 e. The average Bonchev–Trinajstić information content (AvgIpc) is 3.03. The van der Waals surface area contributed by atoms with Crippen molar-refractivity contribution in [2.45, 2.75) is 0 Å². The molecule has 0 amide bonds. The summed E-state index contributed by atoms with van der Waals surface area (Å²) in [5.74, 6) is 0. The highest BCUT2D eigenvalue weighted by Crippen LogP contribution is 2.25. The number of benzene rings is 2. The van der Waals surface area contributed by atoms with Crippen LogP contribution in [0, 0.1) is 10.1 Å². The first-order valence-corrected chi connectivity index (χ1v) is 7.01. The van der Waals surface area contributed by atoms with E-state index in [0.29, 0.717) is 22.2 Å². The van der Waals surface area contributed by atoms with E-state index >= 15 is 0 Å². The number of aromatic amines is 2. The van der Waals surface area contributed by atoms with Crippen LogP contribution in [0.25, 0.3) is 33.1 Å². The molecule has 0 fully saturated rings. The van der Waals surface area contributed by atoms with Crippen LogP contribution in [-0.2, 0) is 0 Å². The number of nitrogens with zero attached hydrogens (tertiary/aromatic N) is 1. The van der Waals surface area contributed by atoms with E-state index in [-0.39, 0.29) is 11.1 Å². The van der Waals surface area contributed by atoms with Crippen LogP contribution in [0.3, 0.4) is 0 Å². The molecular formula is C17H11N3O3. The topological polar surface area (TPSA) is 91.8 Å². The number of rotatable bonds is 2. The van der Waals surface area contributed by atoms with Gasteiger partial charge in [0.1, 0.15) is 0 Å². The third-order valence-corrected chi connectivity index (χ3v) is 3.89. The van der Waals surface area contributed by atoms with Gasteiger partial charge in [-0.3, -0.25) is 14.9 Å². The van der Waals surface area contributed by atoms with E-state index in [0.717, 1.165) is 10.9 Å². The number of H-pyrrole nitrogens is 2. The summed E-state index contributed by atoms with van der Waals surface area (Å²) in [6.07, 6.45) is 1.79. The predicted molar refractivity (Wildman–Crippen MR) is 88.5 cm³/mol. The van der Waals surface area contributed by atoms with Gasteiger partial charge in [0.2, 0.25) is 0 Å². The van der Waals surface area contributed by atoms with Gasteiger partial charge in [0.15, 0.2) is 5.43 Å². The Hall–Kier alpha value is -3.41. The minimum Gasteiger partial charge on any atom is -0.361 e. The van der Waals surface area contributed by atoms with Crippen LogP contribution in [0.1, 0.15) is 0 Å². The molecule has 6 heteroatoms. The molecule has 0 spiro atoms. The Bertz CT molecular complexity index is 1120. The van der Waals surface area contributed by atoms with Crippen molar-refractivity contribution in [3.63, 3.8) is 0 Å². The highest BCUT2D eigenvalue weighted by Gasteiger charge is 2.11. The van der Waals surface area contributed by atoms with Gasteiger partial charge in [-0.1, -0.05) is 12.1 Å². The Morgan fingerprint density at radius 1 is 1.00 bits per heavy atom. The second-order valence-corrected chi connectivity index (χ2v) is 5.28. The molecule has 0 aliphatic rings. The molecule has 0 atom stereocenters. The Labute approximate surface area is 129 Å². The molecule has 2 heterocycles. The number of hydrogen-bond donors (Lipinski definition) is 2. The van der Waals surface area contributed by atoms with E-state index in [1.54, 1.807) is 18.3 Å². The maximum atomic E-state index is 12.5. The van der Waals surface area contributed by atoms with Crippen LogP contribution in [0.2, 0.25) is 0 Å². The maximum absolute atomic E-state index is 12.5. The van der Waals surface area contributed by atoms with Crippen molar-refractivity contribution in [1.29, 1.82) is 0 Å². The molecule has 6 nitrogen and oxygen atoms in total. The lowest BCUT2D eigenvalue weighted by atomic mass is 10.1. The van der Waals surface area contributed by atoms with E-state index in [1.165, 1.54) is 18.2 Å². The normalized spacial score (nSPS) is 11.1. The molecule has 4 rings (SSSR count). The van der Waals surface area contributed by atoms with Gasteiger partial charge in [-0.2, -0.15) is 0 Å². The van der Waals surface area contributed by atoms with Crippen LogP contribution in [0.15, 0.2) is 59.5 Å². The molecule has 0 unspecified atom stereocenters. The summed E-state index contributed by atoms with van der Waals surface area (Å²) in [5, 5.41) is 12.4. The van der Waals surface area contributed by atoms with Crippen molar-refractivity contribution in [3.05, 3.63) is 75.1 Å². The van der Waals surface area contributed by atoms with E-state index in [2.05, 4.69) is 9.97 Å². The van der Waals surface area contributed by atoms with Crippen LogP contribution < -0.4 is 5.43 Å². The molecule has 112 valence electrons. The standard InChI is InChI=1S/C17H11N3O3/c21-16-9-15(10-2-1-3-11(8-10)20(22)23)19-14-5-4-13-12(17(14)16)6-7-18-13/h1-9,18H,(H,19,21). The minimum atomic E-state index is -0.452. The Balaban J connectivity index is 1.99. The highest BCUT2D eigenvalue weighted by molar-refractivity contribution is 6.05. The van der Waals surface area contributed by atoms with Crippen molar-refractivity contribution >= 4 is 27.5 Å². The van der Waals surface area contributed by atoms with E-state index in [4.69, 9.17) is 0 Å². The quantitative estimate of drug-likeness (QED) is 0.438.